The van der Waals surface area contributed by atoms with Crippen molar-refractivity contribution in [3.8, 4) is 5.75 Å². The van der Waals surface area contributed by atoms with Crippen molar-refractivity contribution in [3.05, 3.63) is 36.5 Å². The lowest BCUT2D eigenvalue weighted by Crippen LogP contribution is -2.36. The lowest BCUT2D eigenvalue weighted by molar-refractivity contribution is 0.298. The fourth-order valence-electron chi connectivity index (χ4n) is 1.86. The Morgan fingerprint density at radius 1 is 1.21 bits per heavy atom. The molecule has 0 radical (unpaired) electrons. The largest absolute Gasteiger partial charge is 0.493 e. The summed E-state index contributed by atoms with van der Waals surface area (Å²) < 4.78 is 5.75. The quantitative estimate of drug-likeness (QED) is 0.835. The van der Waals surface area contributed by atoms with Gasteiger partial charge in [0.05, 0.1) is 12.1 Å². The van der Waals surface area contributed by atoms with E-state index >= 15 is 0 Å². The second-order valence-corrected chi connectivity index (χ2v) is 5.74. The van der Waals surface area contributed by atoms with Crippen molar-refractivity contribution in [3.63, 3.8) is 0 Å². The molecule has 0 amide bonds. The summed E-state index contributed by atoms with van der Waals surface area (Å²) in [6.07, 6.45) is 2.80. The van der Waals surface area contributed by atoms with Crippen molar-refractivity contribution in [1.82, 2.24) is 10.3 Å². The van der Waals surface area contributed by atoms with E-state index in [-0.39, 0.29) is 5.54 Å². The number of benzene rings is 1. The fourth-order valence-corrected chi connectivity index (χ4v) is 1.86. The molecule has 0 spiro atoms. The van der Waals surface area contributed by atoms with Crippen LogP contribution in [0, 0.1) is 0 Å². The molecule has 0 fully saturated rings. The van der Waals surface area contributed by atoms with Crippen molar-refractivity contribution < 1.29 is 4.74 Å². The molecule has 0 aliphatic rings. The topological polar surface area (TPSA) is 34.1 Å². The Morgan fingerprint density at radius 3 is 2.84 bits per heavy atom. The van der Waals surface area contributed by atoms with Crippen molar-refractivity contribution in [2.75, 3.05) is 13.2 Å². The summed E-state index contributed by atoms with van der Waals surface area (Å²) in [6.45, 7) is 8.20. The van der Waals surface area contributed by atoms with Crippen molar-refractivity contribution in [1.29, 1.82) is 0 Å². The molecule has 2 aromatic rings. The molecular weight excluding hydrogens is 236 g/mol. The Labute approximate surface area is 115 Å². The first-order chi connectivity index (χ1) is 9.04. The molecule has 0 saturated heterocycles. The van der Waals surface area contributed by atoms with Gasteiger partial charge in [-0.05, 0) is 51.9 Å². The molecular formula is C16H22N2O. The molecule has 0 aliphatic carbocycles. The van der Waals surface area contributed by atoms with E-state index < -0.39 is 0 Å². The van der Waals surface area contributed by atoms with Crippen LogP contribution in [-0.2, 0) is 0 Å². The first-order valence-electron chi connectivity index (χ1n) is 6.77. The molecule has 102 valence electrons. The first kappa shape index (κ1) is 13.8. The van der Waals surface area contributed by atoms with E-state index in [1.165, 1.54) is 0 Å². The van der Waals surface area contributed by atoms with Crippen LogP contribution >= 0.6 is 0 Å². The predicted molar refractivity (Wildman–Crippen MR) is 79.6 cm³/mol. The van der Waals surface area contributed by atoms with Crippen LogP contribution in [0.1, 0.15) is 27.2 Å². The summed E-state index contributed by atoms with van der Waals surface area (Å²) in [7, 11) is 0. The van der Waals surface area contributed by atoms with Crippen LogP contribution in [0.15, 0.2) is 36.5 Å². The maximum Gasteiger partial charge on any atom is 0.121 e. The summed E-state index contributed by atoms with van der Waals surface area (Å²) in [6, 6.07) is 10.0. The summed E-state index contributed by atoms with van der Waals surface area (Å²) in [5.74, 6) is 0.891. The molecule has 1 aromatic carbocycles. The zero-order chi connectivity index (χ0) is 13.7. The molecule has 3 heteroatoms. The number of hydrogen-bond donors (Lipinski definition) is 1. The standard InChI is InChI=1S/C16H22N2O/c1-16(2,3)18-10-5-11-19-14-8-7-13-6-4-9-17-15(13)12-14/h4,6-9,12,18H,5,10-11H2,1-3H3. The second-order valence-electron chi connectivity index (χ2n) is 5.74. The summed E-state index contributed by atoms with van der Waals surface area (Å²) in [5.41, 5.74) is 1.15. The van der Waals surface area contributed by atoms with Gasteiger partial charge in [-0.1, -0.05) is 6.07 Å². The third-order valence-corrected chi connectivity index (χ3v) is 2.82. The number of aromatic nitrogens is 1. The highest BCUT2D eigenvalue weighted by molar-refractivity contribution is 5.79. The lowest BCUT2D eigenvalue weighted by Gasteiger charge is -2.20. The fraction of sp³-hybridized carbons (Fsp3) is 0.438. The molecule has 19 heavy (non-hydrogen) atoms. The number of rotatable bonds is 5. The molecule has 2 rings (SSSR count). The third-order valence-electron chi connectivity index (χ3n) is 2.82. The Kier molecular flexibility index (Phi) is 4.38. The summed E-state index contributed by atoms with van der Waals surface area (Å²) in [4.78, 5) is 4.33. The van der Waals surface area contributed by atoms with Crippen LogP contribution in [0.25, 0.3) is 10.9 Å². The maximum absolute atomic E-state index is 5.75. The highest BCUT2D eigenvalue weighted by atomic mass is 16.5. The number of pyridine rings is 1. The second kappa shape index (κ2) is 6.02. The molecule has 1 aromatic heterocycles. The van der Waals surface area contributed by atoms with Crippen LogP contribution < -0.4 is 10.1 Å². The van der Waals surface area contributed by atoms with Gasteiger partial charge >= 0.3 is 0 Å². The van der Waals surface area contributed by atoms with Crippen LogP contribution in [0.4, 0.5) is 0 Å². The zero-order valence-electron chi connectivity index (χ0n) is 11.9. The smallest absolute Gasteiger partial charge is 0.121 e. The van der Waals surface area contributed by atoms with Crippen LogP contribution in [0.3, 0.4) is 0 Å². The monoisotopic (exact) mass is 258 g/mol. The van der Waals surface area contributed by atoms with Crippen LogP contribution in [0.5, 0.6) is 5.75 Å². The average Bonchev–Trinajstić information content (AvgIpc) is 2.37. The molecule has 1 heterocycles. The number of ether oxygens (including phenoxy) is 1. The van der Waals surface area contributed by atoms with E-state index in [9.17, 15) is 0 Å². The van der Waals surface area contributed by atoms with Gasteiger partial charge < -0.3 is 10.1 Å². The van der Waals surface area contributed by atoms with E-state index in [0.717, 1.165) is 36.2 Å². The minimum Gasteiger partial charge on any atom is -0.493 e. The van der Waals surface area contributed by atoms with Gasteiger partial charge in [-0.2, -0.15) is 0 Å². The maximum atomic E-state index is 5.75. The van der Waals surface area contributed by atoms with E-state index in [1.807, 2.05) is 24.3 Å². The average molecular weight is 258 g/mol. The Balaban J connectivity index is 1.82. The van der Waals surface area contributed by atoms with Gasteiger partial charge in [0.2, 0.25) is 0 Å². The highest BCUT2D eigenvalue weighted by Gasteiger charge is 2.07. The van der Waals surface area contributed by atoms with Crippen LogP contribution in [-0.4, -0.2) is 23.7 Å². The Bertz CT molecular complexity index is 532. The normalized spacial score (nSPS) is 11.7. The van der Waals surface area contributed by atoms with Crippen molar-refractivity contribution >= 4 is 10.9 Å². The van der Waals surface area contributed by atoms with E-state index in [4.69, 9.17) is 4.74 Å². The van der Waals surface area contributed by atoms with Gasteiger partial charge in [0, 0.05) is 23.2 Å². The number of nitrogens with one attached hydrogen (secondary N) is 1. The van der Waals surface area contributed by atoms with Crippen LogP contribution in [0.2, 0.25) is 0 Å². The minimum atomic E-state index is 0.173. The lowest BCUT2D eigenvalue weighted by atomic mass is 10.1. The van der Waals surface area contributed by atoms with Gasteiger partial charge in [0.1, 0.15) is 5.75 Å². The number of fused-ring (bicyclic) bond motifs is 1. The Morgan fingerprint density at radius 2 is 2.05 bits per heavy atom. The molecule has 0 unspecified atom stereocenters. The summed E-state index contributed by atoms with van der Waals surface area (Å²) in [5, 5.41) is 4.59. The summed E-state index contributed by atoms with van der Waals surface area (Å²) >= 11 is 0. The molecule has 0 aliphatic heterocycles. The molecule has 3 nitrogen and oxygen atoms in total. The van der Waals surface area contributed by atoms with E-state index in [1.54, 1.807) is 6.20 Å². The predicted octanol–water partition coefficient (Wildman–Crippen LogP) is 3.39. The molecule has 0 atom stereocenters. The zero-order valence-corrected chi connectivity index (χ0v) is 11.9. The minimum absolute atomic E-state index is 0.173. The van der Waals surface area contributed by atoms with Crippen molar-refractivity contribution in [2.24, 2.45) is 0 Å². The molecule has 0 bridgehead atoms. The number of hydrogen-bond acceptors (Lipinski definition) is 3. The van der Waals surface area contributed by atoms with Gasteiger partial charge in [-0.15, -0.1) is 0 Å². The van der Waals surface area contributed by atoms with Crippen molar-refractivity contribution in [2.45, 2.75) is 32.7 Å². The molecule has 0 saturated carbocycles. The number of nitrogens with zero attached hydrogens (tertiary/aromatic N) is 1. The van der Waals surface area contributed by atoms with Gasteiger partial charge in [-0.3, -0.25) is 4.98 Å². The first-order valence-corrected chi connectivity index (χ1v) is 6.77. The highest BCUT2D eigenvalue weighted by Crippen LogP contribution is 2.18. The van der Waals surface area contributed by atoms with Gasteiger partial charge in [0.15, 0.2) is 0 Å². The molecule has 1 N–H and O–H groups in total. The van der Waals surface area contributed by atoms with E-state index in [0.29, 0.717) is 0 Å². The SMILES string of the molecule is CC(C)(C)NCCCOc1ccc2cccnc2c1. The third kappa shape index (κ3) is 4.52. The Hall–Kier alpha value is -1.61. The van der Waals surface area contributed by atoms with Gasteiger partial charge in [0.25, 0.3) is 0 Å². The van der Waals surface area contributed by atoms with Gasteiger partial charge in [-0.25, -0.2) is 0 Å². The van der Waals surface area contributed by atoms with E-state index in [2.05, 4.69) is 37.1 Å².